The minimum atomic E-state index is 0. The minimum absolute atomic E-state index is 0. The number of nitrogens with zero attached hydrogens (tertiary/aromatic N) is 2. The third-order valence-corrected chi connectivity index (χ3v) is 1.75. The summed E-state index contributed by atoms with van der Waals surface area (Å²) < 4.78 is 0. The molecule has 0 aliphatic carbocycles. The van der Waals surface area contributed by atoms with Gasteiger partial charge in [0.25, 0.3) is 0 Å². The van der Waals surface area contributed by atoms with Crippen molar-refractivity contribution >= 4 is 22.9 Å². The summed E-state index contributed by atoms with van der Waals surface area (Å²) in [6, 6.07) is 0. The Kier molecular flexibility index (Phi) is 5.28. The quantitative estimate of drug-likeness (QED) is 0.773. The van der Waals surface area contributed by atoms with Gasteiger partial charge in [-0.1, -0.05) is 13.3 Å². The Balaban J connectivity index is 0.000001000. The highest BCUT2D eigenvalue weighted by molar-refractivity contribution is 8.93. The third kappa shape index (κ3) is 3.10. The smallest absolute Gasteiger partial charge is 0.191 e. The number of hydrogen-bond donors (Lipinski definition) is 1. The molecule has 1 heterocycles. The molecule has 0 saturated carbocycles. The van der Waals surface area contributed by atoms with Crippen molar-refractivity contribution in [2.45, 2.75) is 19.8 Å². The number of guanidine groups is 1. The van der Waals surface area contributed by atoms with Crippen molar-refractivity contribution in [3.63, 3.8) is 0 Å². The summed E-state index contributed by atoms with van der Waals surface area (Å²) in [4.78, 5) is 6.23. The van der Waals surface area contributed by atoms with Crippen LogP contribution in [0.2, 0.25) is 0 Å². The number of hydrogen-bond acceptors (Lipinski definition) is 3. The van der Waals surface area contributed by atoms with Crippen LogP contribution in [0.3, 0.4) is 0 Å². The third-order valence-electron chi connectivity index (χ3n) is 1.75. The van der Waals surface area contributed by atoms with Gasteiger partial charge in [0, 0.05) is 13.1 Å². The lowest BCUT2D eigenvalue weighted by Gasteiger charge is -2.15. The van der Waals surface area contributed by atoms with Crippen LogP contribution in [-0.2, 0) is 0 Å². The molecule has 2 N–H and O–H groups in total. The topological polar surface area (TPSA) is 41.6 Å². The lowest BCUT2D eigenvalue weighted by molar-refractivity contribution is 0.439. The Labute approximate surface area is 78.4 Å². The van der Waals surface area contributed by atoms with Crippen LogP contribution in [0.15, 0.2) is 4.99 Å². The number of aliphatic imine (C=N–C) groups is 1. The first-order valence-electron chi connectivity index (χ1n) is 3.89. The maximum atomic E-state index is 5.60. The average Bonchev–Trinajstić information content (AvgIpc) is 2.31. The van der Waals surface area contributed by atoms with Crippen LogP contribution < -0.4 is 5.73 Å². The van der Waals surface area contributed by atoms with E-state index in [0.29, 0.717) is 0 Å². The molecule has 11 heavy (non-hydrogen) atoms. The molecule has 3 nitrogen and oxygen atoms in total. The fraction of sp³-hybridized carbons (Fsp3) is 0.857. The predicted molar refractivity (Wildman–Crippen MR) is 53.3 cm³/mol. The SMILES string of the molecule is Br.CCCCN1CCN=C1N. The first kappa shape index (κ1) is 10.8. The minimum Gasteiger partial charge on any atom is -0.370 e. The Morgan fingerprint density at radius 3 is 2.82 bits per heavy atom. The van der Waals surface area contributed by atoms with Crippen molar-refractivity contribution in [2.75, 3.05) is 19.6 Å². The molecule has 4 heteroatoms. The van der Waals surface area contributed by atoms with E-state index in [0.717, 1.165) is 25.6 Å². The fourth-order valence-electron chi connectivity index (χ4n) is 1.08. The van der Waals surface area contributed by atoms with E-state index < -0.39 is 0 Å². The molecule has 0 bridgehead atoms. The molecule has 66 valence electrons. The van der Waals surface area contributed by atoms with Gasteiger partial charge in [-0.2, -0.15) is 0 Å². The van der Waals surface area contributed by atoms with Crippen LogP contribution in [0.1, 0.15) is 19.8 Å². The van der Waals surface area contributed by atoms with Gasteiger partial charge in [-0.25, -0.2) is 0 Å². The van der Waals surface area contributed by atoms with Crippen LogP contribution in [0.5, 0.6) is 0 Å². The number of halogens is 1. The van der Waals surface area contributed by atoms with Gasteiger partial charge in [-0.3, -0.25) is 4.99 Å². The van der Waals surface area contributed by atoms with Crippen molar-refractivity contribution < 1.29 is 0 Å². The monoisotopic (exact) mass is 221 g/mol. The Hall–Kier alpha value is -0.250. The summed E-state index contributed by atoms with van der Waals surface area (Å²) in [5, 5.41) is 0. The molecule has 0 unspecified atom stereocenters. The number of rotatable bonds is 3. The first-order valence-corrected chi connectivity index (χ1v) is 3.89. The van der Waals surface area contributed by atoms with Gasteiger partial charge in [0.1, 0.15) is 0 Å². The highest BCUT2D eigenvalue weighted by Crippen LogP contribution is 1.99. The van der Waals surface area contributed by atoms with Gasteiger partial charge in [0.05, 0.1) is 6.54 Å². The van der Waals surface area contributed by atoms with E-state index in [1.165, 1.54) is 12.8 Å². The normalized spacial score (nSPS) is 16.1. The molecular weight excluding hydrogens is 206 g/mol. The lowest BCUT2D eigenvalue weighted by atomic mass is 10.3. The molecule has 0 spiro atoms. The first-order chi connectivity index (χ1) is 4.84. The lowest BCUT2D eigenvalue weighted by Crippen LogP contribution is -2.34. The van der Waals surface area contributed by atoms with E-state index in [1.807, 2.05) is 0 Å². The van der Waals surface area contributed by atoms with Crippen molar-refractivity contribution in [1.82, 2.24) is 4.90 Å². The summed E-state index contributed by atoms with van der Waals surface area (Å²) in [7, 11) is 0. The van der Waals surface area contributed by atoms with Crippen molar-refractivity contribution in [3.8, 4) is 0 Å². The largest absolute Gasteiger partial charge is 0.370 e. The molecule has 0 atom stereocenters. The zero-order valence-corrected chi connectivity index (χ0v) is 8.63. The Bertz CT molecular complexity index is 136. The van der Waals surface area contributed by atoms with Crippen LogP contribution in [-0.4, -0.2) is 30.5 Å². The standard InChI is InChI=1S/C7H15N3.BrH/c1-2-3-5-10-6-4-9-7(10)8;/h2-6H2,1H3,(H2,8,9);1H. The molecule has 1 aliphatic rings. The van der Waals surface area contributed by atoms with E-state index in [9.17, 15) is 0 Å². The summed E-state index contributed by atoms with van der Waals surface area (Å²) in [5.41, 5.74) is 5.60. The second kappa shape index (κ2) is 5.41. The van der Waals surface area contributed by atoms with Crippen molar-refractivity contribution in [2.24, 2.45) is 10.7 Å². The highest BCUT2D eigenvalue weighted by atomic mass is 79.9. The summed E-state index contributed by atoms with van der Waals surface area (Å²) >= 11 is 0. The number of unbranched alkanes of at least 4 members (excludes halogenated alkanes) is 1. The number of nitrogens with two attached hydrogens (primary N) is 1. The van der Waals surface area contributed by atoms with Crippen LogP contribution in [0.25, 0.3) is 0 Å². The molecular formula is C7H16BrN3. The molecule has 0 amide bonds. The molecule has 0 aromatic rings. The fourth-order valence-corrected chi connectivity index (χ4v) is 1.08. The summed E-state index contributed by atoms with van der Waals surface area (Å²) in [6.07, 6.45) is 2.44. The Morgan fingerprint density at radius 1 is 1.64 bits per heavy atom. The Morgan fingerprint density at radius 2 is 2.36 bits per heavy atom. The maximum Gasteiger partial charge on any atom is 0.191 e. The van der Waals surface area contributed by atoms with E-state index in [2.05, 4.69) is 16.8 Å². The molecule has 1 rings (SSSR count). The zero-order chi connectivity index (χ0) is 7.40. The van der Waals surface area contributed by atoms with Crippen LogP contribution >= 0.6 is 17.0 Å². The van der Waals surface area contributed by atoms with E-state index >= 15 is 0 Å². The summed E-state index contributed by atoms with van der Waals surface area (Å²) in [5.74, 6) is 0.730. The van der Waals surface area contributed by atoms with Gasteiger partial charge >= 0.3 is 0 Å². The van der Waals surface area contributed by atoms with Gasteiger partial charge in [-0.05, 0) is 6.42 Å². The second-order valence-corrected chi connectivity index (χ2v) is 2.58. The molecule has 0 aromatic carbocycles. The predicted octanol–water partition coefficient (Wildman–Crippen LogP) is 0.995. The second-order valence-electron chi connectivity index (χ2n) is 2.58. The van der Waals surface area contributed by atoms with Crippen molar-refractivity contribution in [3.05, 3.63) is 0 Å². The van der Waals surface area contributed by atoms with Gasteiger partial charge in [0.15, 0.2) is 5.96 Å². The highest BCUT2D eigenvalue weighted by Gasteiger charge is 2.11. The van der Waals surface area contributed by atoms with Crippen LogP contribution in [0, 0.1) is 0 Å². The molecule has 0 radical (unpaired) electrons. The van der Waals surface area contributed by atoms with Gasteiger partial charge in [0.2, 0.25) is 0 Å². The van der Waals surface area contributed by atoms with Crippen LogP contribution in [0.4, 0.5) is 0 Å². The van der Waals surface area contributed by atoms with Gasteiger partial charge < -0.3 is 10.6 Å². The average molecular weight is 222 g/mol. The maximum absolute atomic E-state index is 5.60. The molecule has 0 saturated heterocycles. The molecule has 0 aromatic heterocycles. The molecule has 1 aliphatic heterocycles. The van der Waals surface area contributed by atoms with Gasteiger partial charge in [-0.15, -0.1) is 17.0 Å². The molecule has 0 fully saturated rings. The van der Waals surface area contributed by atoms with E-state index in [-0.39, 0.29) is 17.0 Å². The zero-order valence-electron chi connectivity index (χ0n) is 6.92. The summed E-state index contributed by atoms with van der Waals surface area (Å²) in [6.45, 7) is 5.16. The van der Waals surface area contributed by atoms with E-state index in [1.54, 1.807) is 0 Å². The van der Waals surface area contributed by atoms with Crippen molar-refractivity contribution in [1.29, 1.82) is 0 Å². The van der Waals surface area contributed by atoms with E-state index in [4.69, 9.17) is 5.73 Å².